The molecule has 6 rings (SSSR count). The fraction of sp³-hybridized carbons (Fsp3) is 0.480. The van der Waals surface area contributed by atoms with Gasteiger partial charge < -0.3 is 38.8 Å². The van der Waals surface area contributed by atoms with Crippen molar-refractivity contribution in [1.29, 1.82) is 0 Å². The normalized spacial score (nSPS) is 32.7. The molecule has 1 saturated heterocycles. The number of ether oxygens (including phenoxy) is 5. The van der Waals surface area contributed by atoms with E-state index in [0.717, 1.165) is 11.3 Å². The predicted molar refractivity (Wildman–Crippen MR) is 118 cm³/mol. The molecule has 0 radical (unpaired) electrons. The molecular formula is C25H27NO8. The van der Waals surface area contributed by atoms with Gasteiger partial charge in [-0.15, -0.1) is 0 Å². The SMILES string of the molecule is COc1ccc(CN2C(=O)c3cc4c(cc3[C@H]3[C@H](O)[C@H](O)[C@H]5OC(C)(C)O[C@H]5[C@@H]32)OCO4)cc1. The average Bonchev–Trinajstić information content (AvgIpc) is 3.41. The van der Waals surface area contributed by atoms with Crippen LogP contribution in [-0.4, -0.2) is 71.2 Å². The quantitative estimate of drug-likeness (QED) is 0.701. The molecule has 0 aromatic heterocycles. The smallest absolute Gasteiger partial charge is 0.254 e. The molecule has 180 valence electrons. The summed E-state index contributed by atoms with van der Waals surface area (Å²) in [5, 5.41) is 22.3. The van der Waals surface area contributed by atoms with Crippen LogP contribution in [0.5, 0.6) is 17.2 Å². The molecule has 9 heteroatoms. The van der Waals surface area contributed by atoms with Crippen LogP contribution in [0.1, 0.15) is 41.3 Å². The number of benzene rings is 2. The average molecular weight is 469 g/mol. The minimum atomic E-state index is -1.18. The van der Waals surface area contributed by atoms with E-state index in [1.54, 1.807) is 38.0 Å². The highest BCUT2D eigenvalue weighted by molar-refractivity contribution is 5.98. The first-order valence-electron chi connectivity index (χ1n) is 11.4. The van der Waals surface area contributed by atoms with Crippen LogP contribution in [0, 0.1) is 0 Å². The Balaban J connectivity index is 1.48. The van der Waals surface area contributed by atoms with E-state index >= 15 is 0 Å². The van der Waals surface area contributed by atoms with Gasteiger partial charge in [0, 0.05) is 18.0 Å². The molecule has 2 aromatic rings. The summed E-state index contributed by atoms with van der Waals surface area (Å²) in [6.07, 6.45) is -3.75. The van der Waals surface area contributed by atoms with Gasteiger partial charge in [0.25, 0.3) is 5.91 Å². The van der Waals surface area contributed by atoms with Crippen LogP contribution in [0.25, 0.3) is 0 Å². The van der Waals surface area contributed by atoms with Gasteiger partial charge in [-0.2, -0.15) is 0 Å². The fourth-order valence-corrected chi connectivity index (χ4v) is 5.71. The van der Waals surface area contributed by atoms with E-state index in [4.69, 9.17) is 23.7 Å². The Labute approximate surface area is 196 Å². The molecule has 6 atom stereocenters. The van der Waals surface area contributed by atoms with Gasteiger partial charge in [0.2, 0.25) is 6.79 Å². The van der Waals surface area contributed by atoms with Crippen LogP contribution in [0.3, 0.4) is 0 Å². The number of carbonyl (C=O) groups excluding carboxylic acids is 1. The van der Waals surface area contributed by atoms with E-state index in [2.05, 4.69) is 0 Å². The summed E-state index contributed by atoms with van der Waals surface area (Å²) in [4.78, 5) is 15.6. The maximum absolute atomic E-state index is 13.9. The van der Waals surface area contributed by atoms with Crippen LogP contribution >= 0.6 is 0 Å². The summed E-state index contributed by atoms with van der Waals surface area (Å²) in [5.41, 5.74) is 1.93. The van der Waals surface area contributed by atoms with Crippen molar-refractivity contribution in [2.75, 3.05) is 13.9 Å². The Hall–Kier alpha value is -2.85. The Morgan fingerprint density at radius 1 is 1.03 bits per heavy atom. The lowest BCUT2D eigenvalue weighted by atomic mass is 9.69. The van der Waals surface area contributed by atoms with Gasteiger partial charge in [-0.3, -0.25) is 4.79 Å². The first kappa shape index (κ1) is 21.7. The van der Waals surface area contributed by atoms with Crippen molar-refractivity contribution >= 4 is 5.91 Å². The number of hydrogen-bond acceptors (Lipinski definition) is 8. The largest absolute Gasteiger partial charge is 0.497 e. The van der Waals surface area contributed by atoms with Gasteiger partial charge in [-0.1, -0.05) is 12.1 Å². The topological polar surface area (TPSA) is 107 Å². The zero-order valence-corrected chi connectivity index (χ0v) is 19.1. The highest BCUT2D eigenvalue weighted by Gasteiger charge is 2.62. The van der Waals surface area contributed by atoms with Crippen LogP contribution in [0.2, 0.25) is 0 Å². The Bertz CT molecular complexity index is 1130. The van der Waals surface area contributed by atoms with Crippen molar-refractivity contribution in [1.82, 2.24) is 4.90 Å². The Kier molecular flexibility index (Phi) is 4.83. The summed E-state index contributed by atoms with van der Waals surface area (Å²) in [7, 11) is 1.60. The summed E-state index contributed by atoms with van der Waals surface area (Å²) in [6.45, 7) is 3.89. The highest BCUT2D eigenvalue weighted by atomic mass is 16.8. The third-order valence-electron chi connectivity index (χ3n) is 7.19. The molecule has 4 aliphatic rings. The number of fused-ring (bicyclic) bond motifs is 6. The van der Waals surface area contributed by atoms with Gasteiger partial charge in [0.05, 0.1) is 19.3 Å². The fourth-order valence-electron chi connectivity index (χ4n) is 5.71. The summed E-state index contributed by atoms with van der Waals surface area (Å²) < 4.78 is 28.5. The molecule has 2 N–H and O–H groups in total. The van der Waals surface area contributed by atoms with Gasteiger partial charge in [0.1, 0.15) is 24.1 Å². The zero-order chi connectivity index (χ0) is 23.8. The molecule has 0 unspecified atom stereocenters. The number of rotatable bonds is 3. The van der Waals surface area contributed by atoms with Crippen LogP contribution in [-0.2, 0) is 16.0 Å². The van der Waals surface area contributed by atoms with Gasteiger partial charge in [-0.25, -0.2) is 0 Å². The minimum absolute atomic E-state index is 0.0666. The molecule has 2 fully saturated rings. The van der Waals surface area contributed by atoms with Crippen molar-refractivity contribution in [3.63, 3.8) is 0 Å². The predicted octanol–water partition coefficient (Wildman–Crippen LogP) is 1.79. The van der Waals surface area contributed by atoms with E-state index in [-0.39, 0.29) is 19.2 Å². The molecule has 3 heterocycles. The Morgan fingerprint density at radius 2 is 1.71 bits per heavy atom. The molecule has 1 aliphatic carbocycles. The van der Waals surface area contributed by atoms with Gasteiger partial charge in [0.15, 0.2) is 17.3 Å². The number of nitrogens with zero attached hydrogens (tertiary/aromatic N) is 1. The third kappa shape index (κ3) is 3.19. The third-order valence-corrected chi connectivity index (χ3v) is 7.19. The van der Waals surface area contributed by atoms with Crippen molar-refractivity contribution in [2.24, 2.45) is 0 Å². The van der Waals surface area contributed by atoms with Gasteiger partial charge in [-0.05, 0) is 49.2 Å². The van der Waals surface area contributed by atoms with E-state index in [9.17, 15) is 15.0 Å². The van der Waals surface area contributed by atoms with Crippen molar-refractivity contribution in [2.45, 2.75) is 62.6 Å². The molecule has 0 bridgehead atoms. The highest BCUT2D eigenvalue weighted by Crippen LogP contribution is 2.51. The molecule has 1 saturated carbocycles. The monoisotopic (exact) mass is 469 g/mol. The summed E-state index contributed by atoms with van der Waals surface area (Å²) in [5.74, 6) is -0.0538. The second kappa shape index (κ2) is 7.58. The molecule has 0 spiro atoms. The van der Waals surface area contributed by atoms with Gasteiger partial charge >= 0.3 is 0 Å². The lowest BCUT2D eigenvalue weighted by Crippen LogP contribution is -2.66. The molecule has 2 aromatic carbocycles. The standard InChI is InChI=1S/C25H27NO8/c1-25(2)33-22-19-18(20(27)21(28)23(22)34-25)14-8-16-17(32-11-31-16)9-15(14)24(29)26(19)10-12-4-6-13(30-3)7-5-12/h4-9,18-23,27-28H,10-11H2,1-3H3/t18-,19-,20+,21+,22+,23-/m1/s1. The molecular weight excluding hydrogens is 442 g/mol. The summed E-state index contributed by atoms with van der Waals surface area (Å²) in [6, 6.07) is 10.3. The zero-order valence-electron chi connectivity index (χ0n) is 19.1. The number of methoxy groups -OCH3 is 1. The number of amides is 1. The van der Waals surface area contributed by atoms with Crippen molar-refractivity contribution in [3.05, 3.63) is 53.1 Å². The maximum Gasteiger partial charge on any atom is 0.254 e. The first-order valence-corrected chi connectivity index (χ1v) is 11.4. The van der Waals surface area contributed by atoms with Crippen LogP contribution < -0.4 is 14.2 Å². The lowest BCUT2D eigenvalue weighted by Gasteiger charge is -2.51. The number of aliphatic hydroxyl groups is 2. The number of aliphatic hydroxyl groups excluding tert-OH is 2. The first-order chi connectivity index (χ1) is 16.3. The number of hydrogen-bond donors (Lipinski definition) is 2. The van der Waals surface area contributed by atoms with Crippen LogP contribution in [0.15, 0.2) is 36.4 Å². The van der Waals surface area contributed by atoms with Crippen molar-refractivity contribution < 1.29 is 38.7 Å². The van der Waals surface area contributed by atoms with Crippen LogP contribution in [0.4, 0.5) is 0 Å². The van der Waals surface area contributed by atoms with Crippen molar-refractivity contribution in [3.8, 4) is 17.2 Å². The van der Waals surface area contributed by atoms with E-state index in [0.29, 0.717) is 22.6 Å². The molecule has 1 amide bonds. The molecule has 34 heavy (non-hydrogen) atoms. The van der Waals surface area contributed by atoms with E-state index in [1.165, 1.54) is 0 Å². The molecule has 3 aliphatic heterocycles. The maximum atomic E-state index is 13.9. The summed E-state index contributed by atoms with van der Waals surface area (Å²) >= 11 is 0. The van der Waals surface area contributed by atoms with E-state index in [1.807, 2.05) is 24.3 Å². The Morgan fingerprint density at radius 3 is 2.41 bits per heavy atom. The molecule has 9 nitrogen and oxygen atoms in total. The lowest BCUT2D eigenvalue weighted by molar-refractivity contribution is -0.159. The second-order valence-electron chi connectivity index (χ2n) is 9.64. The van der Waals surface area contributed by atoms with E-state index < -0.39 is 42.2 Å². The minimum Gasteiger partial charge on any atom is -0.497 e. The number of carbonyl (C=O) groups is 1. The second-order valence-corrected chi connectivity index (χ2v) is 9.64.